The Labute approximate surface area is 119 Å². The zero-order valence-electron chi connectivity index (χ0n) is 10.3. The molecular weight excluding hydrogens is 313 g/mol. The summed E-state index contributed by atoms with van der Waals surface area (Å²) in [7, 11) is 0. The first kappa shape index (κ1) is 13.6. The van der Waals surface area contributed by atoms with E-state index in [2.05, 4.69) is 52.6 Å². The van der Waals surface area contributed by atoms with Crippen molar-refractivity contribution >= 4 is 33.0 Å². The summed E-state index contributed by atoms with van der Waals surface area (Å²) in [6.45, 7) is 4.35. The molecule has 1 heterocycles. The molecule has 0 radical (unpaired) electrons. The van der Waals surface area contributed by atoms with Gasteiger partial charge in [-0.15, -0.1) is 11.3 Å². The van der Waals surface area contributed by atoms with Gasteiger partial charge >= 0.3 is 0 Å². The van der Waals surface area contributed by atoms with Gasteiger partial charge in [0.25, 0.3) is 0 Å². The van der Waals surface area contributed by atoms with Gasteiger partial charge in [0, 0.05) is 10.6 Å². The Kier molecular flexibility index (Phi) is 4.40. The normalized spacial score (nSPS) is 12.7. The minimum Gasteiger partial charge on any atom is -0.377 e. The van der Waals surface area contributed by atoms with Crippen molar-refractivity contribution in [2.24, 2.45) is 5.92 Å². The van der Waals surface area contributed by atoms with Crippen LogP contribution in [0.5, 0.6) is 0 Å². The first-order chi connectivity index (χ1) is 8.58. The lowest BCUT2D eigenvalue weighted by molar-refractivity contribution is 0.553. The third-order valence-corrected chi connectivity index (χ3v) is 4.32. The molecular formula is C14H15BrFNS. The number of rotatable bonds is 4. The summed E-state index contributed by atoms with van der Waals surface area (Å²) in [5.74, 6) is 0.227. The molecule has 0 amide bonds. The average molecular weight is 328 g/mol. The number of halogens is 2. The van der Waals surface area contributed by atoms with Crippen molar-refractivity contribution in [3.05, 3.63) is 50.9 Å². The molecule has 1 nitrogen and oxygen atoms in total. The number of nitrogens with one attached hydrogen (secondary N) is 1. The summed E-state index contributed by atoms with van der Waals surface area (Å²) in [5, 5.41) is 5.54. The van der Waals surface area contributed by atoms with Gasteiger partial charge < -0.3 is 5.32 Å². The quantitative estimate of drug-likeness (QED) is 0.786. The van der Waals surface area contributed by atoms with E-state index in [1.165, 1.54) is 10.9 Å². The third-order valence-electron chi connectivity index (χ3n) is 2.76. The van der Waals surface area contributed by atoms with Crippen LogP contribution in [-0.2, 0) is 0 Å². The van der Waals surface area contributed by atoms with Gasteiger partial charge in [0.2, 0.25) is 0 Å². The Bertz CT molecular complexity index is 511. The molecule has 2 aromatic rings. The summed E-state index contributed by atoms with van der Waals surface area (Å²) in [6, 6.07) is 9.44. The van der Waals surface area contributed by atoms with Crippen molar-refractivity contribution in [2.75, 3.05) is 5.32 Å². The molecule has 1 atom stereocenters. The van der Waals surface area contributed by atoms with E-state index in [4.69, 9.17) is 0 Å². The van der Waals surface area contributed by atoms with E-state index in [0.717, 1.165) is 5.69 Å². The fourth-order valence-electron chi connectivity index (χ4n) is 1.80. The minimum atomic E-state index is -0.238. The summed E-state index contributed by atoms with van der Waals surface area (Å²) in [6.07, 6.45) is 0. The minimum absolute atomic E-state index is 0.238. The maximum Gasteiger partial charge on any atom is 0.137 e. The fraction of sp³-hybridized carbons (Fsp3) is 0.286. The van der Waals surface area contributed by atoms with Gasteiger partial charge in [0.05, 0.1) is 10.5 Å². The summed E-state index contributed by atoms with van der Waals surface area (Å²) >= 11 is 4.95. The molecule has 1 N–H and O–H groups in total. The van der Waals surface area contributed by atoms with Crippen LogP contribution in [0.2, 0.25) is 0 Å². The molecule has 0 aliphatic carbocycles. The van der Waals surface area contributed by atoms with Gasteiger partial charge in [0.1, 0.15) is 5.82 Å². The van der Waals surface area contributed by atoms with E-state index in [0.29, 0.717) is 10.4 Å². The van der Waals surface area contributed by atoms with Gasteiger partial charge in [0.15, 0.2) is 0 Å². The molecule has 0 saturated heterocycles. The average Bonchev–Trinajstić information content (AvgIpc) is 2.83. The zero-order valence-corrected chi connectivity index (χ0v) is 12.7. The summed E-state index contributed by atoms with van der Waals surface area (Å²) in [4.78, 5) is 1.30. The Hall–Kier alpha value is -0.870. The molecule has 1 aromatic carbocycles. The highest BCUT2D eigenvalue weighted by Crippen LogP contribution is 2.31. The van der Waals surface area contributed by atoms with Crippen molar-refractivity contribution in [3.8, 4) is 0 Å². The van der Waals surface area contributed by atoms with E-state index in [-0.39, 0.29) is 11.9 Å². The van der Waals surface area contributed by atoms with Crippen LogP contribution in [0, 0.1) is 11.7 Å². The SMILES string of the molecule is CC(C)C(Nc1ccc(F)c(Br)c1)c1cccs1. The van der Waals surface area contributed by atoms with E-state index in [1.54, 1.807) is 23.5 Å². The smallest absolute Gasteiger partial charge is 0.137 e. The topological polar surface area (TPSA) is 12.0 Å². The highest BCUT2D eigenvalue weighted by molar-refractivity contribution is 9.10. The monoisotopic (exact) mass is 327 g/mol. The first-order valence-electron chi connectivity index (χ1n) is 5.83. The van der Waals surface area contributed by atoms with Gasteiger partial charge in [-0.2, -0.15) is 0 Å². The lowest BCUT2D eigenvalue weighted by Crippen LogP contribution is -2.15. The van der Waals surface area contributed by atoms with Crippen molar-refractivity contribution < 1.29 is 4.39 Å². The van der Waals surface area contributed by atoms with Crippen LogP contribution in [-0.4, -0.2) is 0 Å². The fourth-order valence-corrected chi connectivity index (χ4v) is 3.13. The van der Waals surface area contributed by atoms with Crippen LogP contribution >= 0.6 is 27.3 Å². The Morgan fingerprint density at radius 3 is 2.61 bits per heavy atom. The Morgan fingerprint density at radius 2 is 2.06 bits per heavy atom. The van der Waals surface area contributed by atoms with E-state index in [1.807, 2.05) is 0 Å². The second kappa shape index (κ2) is 5.85. The van der Waals surface area contributed by atoms with Gasteiger partial charge in [-0.1, -0.05) is 19.9 Å². The number of hydrogen-bond donors (Lipinski definition) is 1. The molecule has 4 heteroatoms. The number of anilines is 1. The number of hydrogen-bond acceptors (Lipinski definition) is 2. The molecule has 0 fully saturated rings. The van der Waals surface area contributed by atoms with Crippen LogP contribution < -0.4 is 5.32 Å². The Morgan fingerprint density at radius 1 is 1.28 bits per heavy atom. The van der Waals surface area contributed by atoms with Crippen molar-refractivity contribution in [1.82, 2.24) is 0 Å². The second-order valence-electron chi connectivity index (χ2n) is 4.51. The summed E-state index contributed by atoms with van der Waals surface area (Å²) < 4.78 is 13.7. The van der Waals surface area contributed by atoms with Crippen molar-refractivity contribution in [1.29, 1.82) is 0 Å². The summed E-state index contributed by atoms with van der Waals surface area (Å²) in [5.41, 5.74) is 0.926. The van der Waals surface area contributed by atoms with Crippen LogP contribution in [0.15, 0.2) is 40.2 Å². The molecule has 18 heavy (non-hydrogen) atoms. The van der Waals surface area contributed by atoms with Crippen LogP contribution in [0.4, 0.5) is 10.1 Å². The molecule has 0 bridgehead atoms. The largest absolute Gasteiger partial charge is 0.377 e. The molecule has 2 rings (SSSR count). The van der Waals surface area contributed by atoms with Crippen molar-refractivity contribution in [2.45, 2.75) is 19.9 Å². The molecule has 96 valence electrons. The highest BCUT2D eigenvalue weighted by Gasteiger charge is 2.16. The van der Waals surface area contributed by atoms with Gasteiger partial charge in [-0.25, -0.2) is 4.39 Å². The van der Waals surface area contributed by atoms with Crippen LogP contribution in [0.25, 0.3) is 0 Å². The molecule has 0 aliphatic rings. The van der Waals surface area contributed by atoms with Gasteiger partial charge in [-0.3, -0.25) is 0 Å². The predicted octanol–water partition coefficient (Wildman–Crippen LogP) is 5.46. The maximum atomic E-state index is 13.2. The molecule has 0 spiro atoms. The van der Waals surface area contributed by atoms with Crippen LogP contribution in [0.1, 0.15) is 24.8 Å². The standard InChI is InChI=1S/C14H15BrFNS/c1-9(2)14(13-4-3-7-18-13)17-10-5-6-12(16)11(15)8-10/h3-9,14,17H,1-2H3. The zero-order chi connectivity index (χ0) is 13.1. The van der Waals surface area contributed by atoms with E-state index < -0.39 is 0 Å². The first-order valence-corrected chi connectivity index (χ1v) is 7.50. The second-order valence-corrected chi connectivity index (χ2v) is 6.34. The third kappa shape index (κ3) is 3.12. The van der Waals surface area contributed by atoms with Gasteiger partial charge in [-0.05, 0) is 51.5 Å². The number of thiophene rings is 1. The highest BCUT2D eigenvalue weighted by atomic mass is 79.9. The lowest BCUT2D eigenvalue weighted by atomic mass is 10.0. The predicted molar refractivity (Wildman–Crippen MR) is 79.6 cm³/mol. The molecule has 0 saturated carbocycles. The number of benzene rings is 1. The maximum absolute atomic E-state index is 13.2. The Balaban J connectivity index is 2.21. The van der Waals surface area contributed by atoms with E-state index >= 15 is 0 Å². The molecule has 1 aromatic heterocycles. The molecule has 0 aliphatic heterocycles. The van der Waals surface area contributed by atoms with E-state index in [9.17, 15) is 4.39 Å². The molecule has 1 unspecified atom stereocenters. The van der Waals surface area contributed by atoms with Crippen molar-refractivity contribution in [3.63, 3.8) is 0 Å². The lowest BCUT2D eigenvalue weighted by Gasteiger charge is -2.22. The van der Waals surface area contributed by atoms with Crippen LogP contribution in [0.3, 0.4) is 0 Å².